The maximum absolute atomic E-state index is 11.8. The SMILES string of the molecule is COC(=O)N[C@@H]1C(=O)C(C)(C)C[C@H]1C. The van der Waals surface area contributed by atoms with Gasteiger partial charge in [-0.25, -0.2) is 4.79 Å². The summed E-state index contributed by atoms with van der Waals surface area (Å²) in [6.07, 6.45) is 0.272. The van der Waals surface area contributed by atoms with Crippen LogP contribution < -0.4 is 5.32 Å². The van der Waals surface area contributed by atoms with Crippen molar-refractivity contribution in [2.75, 3.05) is 7.11 Å². The number of amides is 1. The van der Waals surface area contributed by atoms with E-state index in [4.69, 9.17) is 0 Å². The number of rotatable bonds is 1. The van der Waals surface area contributed by atoms with E-state index < -0.39 is 12.1 Å². The van der Waals surface area contributed by atoms with Gasteiger partial charge >= 0.3 is 6.09 Å². The zero-order chi connectivity index (χ0) is 10.9. The summed E-state index contributed by atoms with van der Waals surface area (Å²) in [7, 11) is 1.30. The predicted molar refractivity (Wildman–Crippen MR) is 51.9 cm³/mol. The first kappa shape index (κ1) is 11.0. The van der Waals surface area contributed by atoms with Gasteiger partial charge < -0.3 is 10.1 Å². The van der Waals surface area contributed by atoms with Crippen molar-refractivity contribution in [1.29, 1.82) is 0 Å². The standard InChI is InChI=1S/C10H17NO3/c1-6-5-10(2,3)8(12)7(6)11-9(13)14-4/h6-7H,5H2,1-4H3,(H,11,13)/t6-,7+/m1/s1. The second-order valence-corrected chi connectivity index (χ2v) is 4.54. The van der Waals surface area contributed by atoms with Gasteiger partial charge in [-0.15, -0.1) is 0 Å². The van der Waals surface area contributed by atoms with Crippen LogP contribution in [-0.2, 0) is 9.53 Å². The number of Topliss-reactive ketones (excluding diaryl/α,β-unsaturated/α-hetero) is 1. The zero-order valence-electron chi connectivity index (χ0n) is 9.09. The lowest BCUT2D eigenvalue weighted by Crippen LogP contribution is -2.43. The highest BCUT2D eigenvalue weighted by atomic mass is 16.5. The van der Waals surface area contributed by atoms with Gasteiger partial charge in [0, 0.05) is 5.41 Å². The van der Waals surface area contributed by atoms with E-state index in [9.17, 15) is 9.59 Å². The van der Waals surface area contributed by atoms with E-state index in [1.165, 1.54) is 7.11 Å². The maximum atomic E-state index is 11.8. The quantitative estimate of drug-likeness (QED) is 0.693. The van der Waals surface area contributed by atoms with Crippen LogP contribution in [0.15, 0.2) is 0 Å². The molecule has 1 N–H and O–H groups in total. The first-order valence-corrected chi connectivity index (χ1v) is 4.77. The lowest BCUT2D eigenvalue weighted by molar-refractivity contribution is -0.125. The monoisotopic (exact) mass is 199 g/mol. The highest BCUT2D eigenvalue weighted by molar-refractivity contribution is 5.93. The highest BCUT2D eigenvalue weighted by Gasteiger charge is 2.45. The van der Waals surface area contributed by atoms with Crippen molar-refractivity contribution in [3.05, 3.63) is 0 Å². The minimum Gasteiger partial charge on any atom is -0.453 e. The van der Waals surface area contributed by atoms with E-state index in [-0.39, 0.29) is 17.1 Å². The summed E-state index contributed by atoms with van der Waals surface area (Å²) >= 11 is 0. The van der Waals surface area contributed by atoms with Crippen LogP contribution in [0.25, 0.3) is 0 Å². The van der Waals surface area contributed by atoms with Crippen LogP contribution in [0.1, 0.15) is 27.2 Å². The third kappa shape index (κ3) is 1.89. The molecule has 2 atom stereocenters. The molecule has 1 saturated carbocycles. The van der Waals surface area contributed by atoms with Gasteiger partial charge in [0.1, 0.15) is 0 Å². The lowest BCUT2D eigenvalue weighted by Gasteiger charge is -2.16. The average molecular weight is 199 g/mol. The van der Waals surface area contributed by atoms with Crippen LogP contribution in [0.2, 0.25) is 0 Å². The number of hydrogen-bond donors (Lipinski definition) is 1. The van der Waals surface area contributed by atoms with E-state index in [2.05, 4.69) is 10.1 Å². The fourth-order valence-corrected chi connectivity index (χ4v) is 2.10. The van der Waals surface area contributed by atoms with Crippen LogP contribution in [0.3, 0.4) is 0 Å². The van der Waals surface area contributed by atoms with Crippen molar-refractivity contribution >= 4 is 11.9 Å². The summed E-state index contributed by atoms with van der Waals surface area (Å²) in [6, 6.07) is -0.391. The fourth-order valence-electron chi connectivity index (χ4n) is 2.10. The molecule has 0 radical (unpaired) electrons. The summed E-state index contributed by atoms with van der Waals surface area (Å²) in [5, 5.41) is 2.57. The van der Waals surface area contributed by atoms with Crippen molar-refractivity contribution in [2.45, 2.75) is 33.2 Å². The minimum atomic E-state index is -0.534. The average Bonchev–Trinajstić information content (AvgIpc) is 2.28. The van der Waals surface area contributed by atoms with Gasteiger partial charge in [0.15, 0.2) is 5.78 Å². The molecule has 1 aliphatic rings. The number of ether oxygens (including phenoxy) is 1. The molecular formula is C10H17NO3. The lowest BCUT2D eigenvalue weighted by atomic mass is 9.90. The Hall–Kier alpha value is -1.06. The topological polar surface area (TPSA) is 55.4 Å². The second-order valence-electron chi connectivity index (χ2n) is 4.54. The molecule has 1 rings (SSSR count). The summed E-state index contributed by atoms with van der Waals surface area (Å²) in [5.41, 5.74) is -0.328. The Balaban J connectivity index is 2.71. The Morgan fingerprint density at radius 1 is 1.57 bits per heavy atom. The Bertz CT molecular complexity index is 260. The van der Waals surface area contributed by atoms with Crippen LogP contribution in [0.4, 0.5) is 4.79 Å². The number of methoxy groups -OCH3 is 1. The minimum absolute atomic E-state index is 0.0930. The molecule has 0 spiro atoms. The first-order chi connectivity index (χ1) is 6.38. The molecule has 0 bridgehead atoms. The molecule has 1 amide bonds. The third-order valence-electron chi connectivity index (χ3n) is 2.81. The number of hydrogen-bond acceptors (Lipinski definition) is 3. The fraction of sp³-hybridized carbons (Fsp3) is 0.800. The molecule has 0 aromatic carbocycles. The Morgan fingerprint density at radius 2 is 2.14 bits per heavy atom. The molecule has 1 fully saturated rings. The van der Waals surface area contributed by atoms with Gasteiger partial charge in [0.2, 0.25) is 0 Å². The van der Waals surface area contributed by atoms with Gasteiger partial charge in [-0.3, -0.25) is 4.79 Å². The summed E-state index contributed by atoms with van der Waals surface area (Å²) in [6.45, 7) is 5.78. The predicted octanol–water partition coefficient (Wildman–Crippen LogP) is 1.35. The maximum Gasteiger partial charge on any atom is 0.407 e. The number of carbonyl (C=O) groups is 2. The molecule has 4 heteroatoms. The number of alkyl carbamates (subject to hydrolysis) is 1. The van der Waals surface area contributed by atoms with E-state index in [1.54, 1.807) is 0 Å². The molecule has 0 heterocycles. The molecule has 0 aliphatic heterocycles. The van der Waals surface area contributed by atoms with E-state index in [0.29, 0.717) is 0 Å². The molecule has 14 heavy (non-hydrogen) atoms. The summed E-state index contributed by atoms with van der Waals surface area (Å²) in [5.74, 6) is 0.270. The van der Waals surface area contributed by atoms with E-state index >= 15 is 0 Å². The Morgan fingerprint density at radius 3 is 2.50 bits per heavy atom. The van der Waals surface area contributed by atoms with Crippen LogP contribution in [0.5, 0.6) is 0 Å². The number of ketones is 1. The van der Waals surface area contributed by atoms with Crippen LogP contribution in [-0.4, -0.2) is 25.0 Å². The molecule has 0 aromatic rings. The molecule has 4 nitrogen and oxygen atoms in total. The zero-order valence-corrected chi connectivity index (χ0v) is 9.09. The van der Waals surface area contributed by atoms with Crippen molar-refractivity contribution in [1.82, 2.24) is 5.32 Å². The smallest absolute Gasteiger partial charge is 0.407 e. The number of carbonyl (C=O) groups excluding carboxylic acids is 2. The van der Waals surface area contributed by atoms with Crippen molar-refractivity contribution in [2.24, 2.45) is 11.3 Å². The van der Waals surface area contributed by atoms with E-state index in [0.717, 1.165) is 6.42 Å². The van der Waals surface area contributed by atoms with Crippen LogP contribution >= 0.6 is 0 Å². The molecule has 0 aromatic heterocycles. The molecule has 80 valence electrons. The second kappa shape index (κ2) is 3.59. The normalized spacial score (nSPS) is 30.1. The molecule has 0 saturated heterocycles. The molecule has 0 unspecified atom stereocenters. The van der Waals surface area contributed by atoms with Gasteiger partial charge in [-0.05, 0) is 12.3 Å². The van der Waals surface area contributed by atoms with Crippen LogP contribution in [0, 0.1) is 11.3 Å². The highest BCUT2D eigenvalue weighted by Crippen LogP contribution is 2.37. The Labute approximate surface area is 84.0 Å². The van der Waals surface area contributed by atoms with Crippen molar-refractivity contribution in [3.8, 4) is 0 Å². The van der Waals surface area contributed by atoms with Gasteiger partial charge in [-0.2, -0.15) is 0 Å². The van der Waals surface area contributed by atoms with Gasteiger partial charge in [0.05, 0.1) is 13.2 Å². The van der Waals surface area contributed by atoms with Gasteiger partial charge in [-0.1, -0.05) is 20.8 Å². The van der Waals surface area contributed by atoms with Crippen molar-refractivity contribution in [3.63, 3.8) is 0 Å². The van der Waals surface area contributed by atoms with Gasteiger partial charge in [0.25, 0.3) is 0 Å². The van der Waals surface area contributed by atoms with Crippen molar-refractivity contribution < 1.29 is 14.3 Å². The molecule has 1 aliphatic carbocycles. The van der Waals surface area contributed by atoms with E-state index in [1.807, 2.05) is 20.8 Å². The summed E-state index contributed by atoms with van der Waals surface area (Å²) in [4.78, 5) is 22.8. The Kier molecular flexibility index (Phi) is 2.83. The third-order valence-corrected chi connectivity index (χ3v) is 2.81. The summed E-state index contributed by atoms with van der Waals surface area (Å²) < 4.78 is 4.47. The number of nitrogens with one attached hydrogen (secondary N) is 1. The largest absolute Gasteiger partial charge is 0.453 e. The first-order valence-electron chi connectivity index (χ1n) is 4.77. The molecular weight excluding hydrogens is 182 g/mol.